The Hall–Kier alpha value is -1.43. The van der Waals surface area contributed by atoms with Crippen LogP contribution in [0.2, 0.25) is 0 Å². The smallest absolute Gasteiger partial charge is 0.226 e. The van der Waals surface area contributed by atoms with Crippen molar-refractivity contribution in [3.63, 3.8) is 0 Å². The molecule has 0 radical (unpaired) electrons. The number of aromatic amines is 1. The summed E-state index contributed by atoms with van der Waals surface area (Å²) in [4.78, 5) is 15.5. The van der Waals surface area contributed by atoms with Crippen molar-refractivity contribution in [2.24, 2.45) is 11.1 Å². The molecule has 6 nitrogen and oxygen atoms in total. The molecule has 0 spiro atoms. The van der Waals surface area contributed by atoms with Gasteiger partial charge in [-0.25, -0.2) is 4.98 Å². The van der Waals surface area contributed by atoms with E-state index in [-0.39, 0.29) is 5.91 Å². The van der Waals surface area contributed by atoms with E-state index >= 15 is 0 Å². The van der Waals surface area contributed by atoms with Gasteiger partial charge >= 0.3 is 0 Å². The van der Waals surface area contributed by atoms with Crippen LogP contribution in [-0.2, 0) is 11.2 Å². The lowest BCUT2D eigenvalue weighted by molar-refractivity contribution is -0.128. The fraction of sp³-hybridized carbons (Fsp3) is 0.667. The van der Waals surface area contributed by atoms with Gasteiger partial charge in [-0.3, -0.25) is 9.89 Å². The first-order valence-electron chi connectivity index (χ1n) is 4.89. The van der Waals surface area contributed by atoms with Gasteiger partial charge in [0.1, 0.15) is 12.2 Å². The Balaban J connectivity index is 2.29. The van der Waals surface area contributed by atoms with Gasteiger partial charge < -0.3 is 11.1 Å². The number of carbonyl (C=O) groups excluding carboxylic acids is 1. The van der Waals surface area contributed by atoms with Crippen molar-refractivity contribution < 1.29 is 4.79 Å². The van der Waals surface area contributed by atoms with E-state index in [1.807, 2.05) is 13.8 Å². The van der Waals surface area contributed by atoms with Crippen molar-refractivity contribution in [1.82, 2.24) is 20.5 Å². The Labute approximate surface area is 88.7 Å². The summed E-state index contributed by atoms with van der Waals surface area (Å²) in [5.41, 5.74) is 4.97. The molecule has 0 saturated carbocycles. The Morgan fingerprint density at radius 2 is 2.40 bits per heavy atom. The minimum Gasteiger partial charge on any atom is -0.355 e. The van der Waals surface area contributed by atoms with Crippen LogP contribution < -0.4 is 11.1 Å². The molecule has 1 rings (SSSR count). The molecular weight excluding hydrogens is 194 g/mol. The molecule has 15 heavy (non-hydrogen) atoms. The fourth-order valence-electron chi connectivity index (χ4n) is 0.978. The van der Waals surface area contributed by atoms with Crippen molar-refractivity contribution in [3.05, 3.63) is 12.2 Å². The fourth-order valence-corrected chi connectivity index (χ4v) is 0.978. The minimum atomic E-state index is -0.512. The minimum absolute atomic E-state index is 0.0375. The van der Waals surface area contributed by atoms with Crippen LogP contribution in [-0.4, -0.2) is 34.2 Å². The third-order valence-corrected chi connectivity index (χ3v) is 2.24. The number of amides is 1. The highest BCUT2D eigenvalue weighted by Gasteiger charge is 2.24. The molecule has 1 heterocycles. The number of H-pyrrole nitrogens is 1. The second-order valence-electron chi connectivity index (χ2n) is 4.03. The Morgan fingerprint density at radius 3 is 2.93 bits per heavy atom. The molecule has 0 saturated heterocycles. The number of aromatic nitrogens is 3. The van der Waals surface area contributed by atoms with Gasteiger partial charge in [-0.1, -0.05) is 0 Å². The summed E-state index contributed by atoms with van der Waals surface area (Å²) in [6.45, 7) is 4.51. The van der Waals surface area contributed by atoms with Gasteiger partial charge in [-0.05, 0) is 13.8 Å². The molecule has 0 aromatic carbocycles. The van der Waals surface area contributed by atoms with Crippen LogP contribution in [0.15, 0.2) is 6.33 Å². The van der Waals surface area contributed by atoms with Crippen LogP contribution >= 0.6 is 0 Å². The molecule has 0 unspecified atom stereocenters. The second-order valence-corrected chi connectivity index (χ2v) is 4.03. The lowest BCUT2D eigenvalue weighted by Gasteiger charge is -2.20. The van der Waals surface area contributed by atoms with E-state index in [0.717, 1.165) is 5.82 Å². The Morgan fingerprint density at radius 1 is 1.67 bits per heavy atom. The molecule has 1 aromatic rings. The molecule has 4 N–H and O–H groups in total. The molecular formula is C9H17N5O. The summed E-state index contributed by atoms with van der Waals surface area (Å²) < 4.78 is 0. The number of hydrogen-bond acceptors (Lipinski definition) is 4. The molecule has 0 aliphatic rings. The zero-order chi connectivity index (χ0) is 11.3. The lowest BCUT2D eigenvalue weighted by atomic mass is 9.93. The highest BCUT2D eigenvalue weighted by atomic mass is 16.2. The summed E-state index contributed by atoms with van der Waals surface area (Å²) in [6.07, 6.45) is 2.09. The third kappa shape index (κ3) is 3.32. The maximum absolute atomic E-state index is 11.6. The predicted molar refractivity (Wildman–Crippen MR) is 55.9 cm³/mol. The number of nitrogens with one attached hydrogen (secondary N) is 2. The van der Waals surface area contributed by atoms with E-state index in [2.05, 4.69) is 20.5 Å². The summed E-state index contributed by atoms with van der Waals surface area (Å²) >= 11 is 0. The predicted octanol–water partition coefficient (Wildman–Crippen LogP) is -0.552. The Bertz CT molecular complexity index is 306. The van der Waals surface area contributed by atoms with E-state index < -0.39 is 5.41 Å². The molecule has 0 fully saturated rings. The largest absolute Gasteiger partial charge is 0.355 e. The van der Waals surface area contributed by atoms with Crippen LogP contribution in [0.1, 0.15) is 19.7 Å². The molecule has 84 valence electrons. The number of nitrogens with two attached hydrogens (primary N) is 1. The van der Waals surface area contributed by atoms with Gasteiger partial charge in [-0.2, -0.15) is 5.10 Å². The van der Waals surface area contributed by atoms with E-state index in [9.17, 15) is 4.79 Å². The standard InChI is InChI=1S/C9H17N5O/c1-9(2,5-10)8(15)11-4-3-7-12-6-13-14-7/h6H,3-5,10H2,1-2H3,(H,11,15)(H,12,13,14). The van der Waals surface area contributed by atoms with Crippen LogP contribution in [0.4, 0.5) is 0 Å². The quantitative estimate of drug-likeness (QED) is 0.608. The summed E-state index contributed by atoms with van der Waals surface area (Å²) in [6, 6.07) is 0. The van der Waals surface area contributed by atoms with E-state index in [0.29, 0.717) is 19.5 Å². The van der Waals surface area contributed by atoms with Crippen molar-refractivity contribution >= 4 is 5.91 Å². The van der Waals surface area contributed by atoms with Crippen molar-refractivity contribution in [1.29, 1.82) is 0 Å². The molecule has 1 amide bonds. The second kappa shape index (κ2) is 4.88. The number of rotatable bonds is 5. The zero-order valence-corrected chi connectivity index (χ0v) is 9.08. The average molecular weight is 211 g/mol. The van der Waals surface area contributed by atoms with E-state index in [4.69, 9.17) is 5.73 Å². The maximum Gasteiger partial charge on any atom is 0.226 e. The first kappa shape index (κ1) is 11.6. The molecule has 0 atom stereocenters. The van der Waals surface area contributed by atoms with Crippen molar-refractivity contribution in [3.8, 4) is 0 Å². The molecule has 1 aromatic heterocycles. The molecule has 0 aliphatic carbocycles. The number of nitrogens with zero attached hydrogens (tertiary/aromatic N) is 2. The highest BCUT2D eigenvalue weighted by Crippen LogP contribution is 2.11. The van der Waals surface area contributed by atoms with Gasteiger partial charge in [0.25, 0.3) is 0 Å². The van der Waals surface area contributed by atoms with Gasteiger partial charge in [-0.15, -0.1) is 0 Å². The van der Waals surface area contributed by atoms with Crippen LogP contribution in [0.25, 0.3) is 0 Å². The number of hydrogen-bond donors (Lipinski definition) is 3. The topological polar surface area (TPSA) is 96.7 Å². The van der Waals surface area contributed by atoms with Gasteiger partial charge in [0.2, 0.25) is 5.91 Å². The summed E-state index contributed by atoms with van der Waals surface area (Å²) in [5.74, 6) is 0.727. The Kier molecular flexibility index (Phi) is 3.79. The summed E-state index contributed by atoms with van der Waals surface area (Å²) in [7, 11) is 0. The highest BCUT2D eigenvalue weighted by molar-refractivity contribution is 5.81. The first-order valence-corrected chi connectivity index (χ1v) is 4.89. The normalized spacial score (nSPS) is 11.4. The average Bonchev–Trinajstić information content (AvgIpc) is 2.70. The van der Waals surface area contributed by atoms with Crippen LogP contribution in [0.5, 0.6) is 0 Å². The van der Waals surface area contributed by atoms with Crippen molar-refractivity contribution in [2.45, 2.75) is 20.3 Å². The zero-order valence-electron chi connectivity index (χ0n) is 9.08. The maximum atomic E-state index is 11.6. The van der Waals surface area contributed by atoms with Gasteiger partial charge in [0.05, 0.1) is 5.41 Å². The van der Waals surface area contributed by atoms with Crippen LogP contribution in [0, 0.1) is 5.41 Å². The van der Waals surface area contributed by atoms with Gasteiger partial charge in [0.15, 0.2) is 0 Å². The summed E-state index contributed by atoms with van der Waals surface area (Å²) in [5, 5.41) is 9.25. The number of carbonyl (C=O) groups is 1. The SMILES string of the molecule is CC(C)(CN)C(=O)NCCc1ncn[nH]1. The molecule has 0 bridgehead atoms. The van der Waals surface area contributed by atoms with Gasteiger partial charge in [0, 0.05) is 19.5 Å². The molecule has 6 heteroatoms. The lowest BCUT2D eigenvalue weighted by Crippen LogP contribution is -2.42. The van der Waals surface area contributed by atoms with Crippen LogP contribution in [0.3, 0.4) is 0 Å². The van der Waals surface area contributed by atoms with E-state index in [1.54, 1.807) is 0 Å². The third-order valence-electron chi connectivity index (χ3n) is 2.24. The first-order chi connectivity index (χ1) is 7.06. The van der Waals surface area contributed by atoms with Crippen molar-refractivity contribution in [2.75, 3.05) is 13.1 Å². The van der Waals surface area contributed by atoms with E-state index in [1.165, 1.54) is 6.33 Å². The monoisotopic (exact) mass is 211 g/mol. The molecule has 0 aliphatic heterocycles.